The Hall–Kier alpha value is -2.70. The zero-order valence-electron chi connectivity index (χ0n) is 10.1. The fourth-order valence-electron chi connectivity index (χ4n) is 1.44. The SMILES string of the molecule is Cc1cc(C(=O)NCc2cc(C(=O)O)ccn2)no1. The van der Waals surface area contributed by atoms with Gasteiger partial charge in [-0.05, 0) is 19.1 Å². The van der Waals surface area contributed by atoms with Crippen LogP contribution in [0.3, 0.4) is 0 Å². The Balaban J connectivity index is 2.01. The Morgan fingerprint density at radius 2 is 2.21 bits per heavy atom. The molecule has 19 heavy (non-hydrogen) atoms. The monoisotopic (exact) mass is 261 g/mol. The number of aromatic carboxylic acids is 1. The van der Waals surface area contributed by atoms with Gasteiger partial charge in [-0.25, -0.2) is 4.79 Å². The maximum Gasteiger partial charge on any atom is 0.335 e. The molecule has 0 spiro atoms. The molecule has 0 saturated carbocycles. The number of pyridine rings is 1. The van der Waals surface area contributed by atoms with Crippen LogP contribution in [-0.2, 0) is 6.54 Å². The lowest BCUT2D eigenvalue weighted by Crippen LogP contribution is -2.23. The van der Waals surface area contributed by atoms with Crippen LogP contribution in [0.1, 0.15) is 32.3 Å². The Morgan fingerprint density at radius 1 is 1.42 bits per heavy atom. The third-order valence-electron chi connectivity index (χ3n) is 2.35. The summed E-state index contributed by atoms with van der Waals surface area (Å²) in [6.45, 7) is 1.80. The number of nitrogens with zero attached hydrogens (tertiary/aromatic N) is 2. The van der Waals surface area contributed by atoms with Crippen molar-refractivity contribution in [2.75, 3.05) is 0 Å². The molecule has 2 rings (SSSR count). The minimum Gasteiger partial charge on any atom is -0.478 e. The van der Waals surface area contributed by atoms with Crippen LogP contribution in [0, 0.1) is 6.92 Å². The molecule has 0 bridgehead atoms. The number of hydrogen-bond donors (Lipinski definition) is 2. The van der Waals surface area contributed by atoms with Crippen molar-refractivity contribution in [3.63, 3.8) is 0 Å². The van der Waals surface area contributed by atoms with E-state index in [4.69, 9.17) is 9.63 Å². The van der Waals surface area contributed by atoms with Gasteiger partial charge in [-0.3, -0.25) is 9.78 Å². The first-order valence-electron chi connectivity index (χ1n) is 5.46. The van der Waals surface area contributed by atoms with E-state index in [0.717, 1.165) is 0 Å². The standard InChI is InChI=1S/C12H11N3O4/c1-7-4-10(15-19-7)11(16)14-6-9-5-8(12(17)18)2-3-13-9/h2-5H,6H2,1H3,(H,14,16)(H,17,18). The molecule has 0 aliphatic carbocycles. The molecule has 2 N–H and O–H groups in total. The molecular formula is C12H11N3O4. The minimum absolute atomic E-state index is 0.117. The van der Waals surface area contributed by atoms with E-state index in [1.54, 1.807) is 6.92 Å². The maximum atomic E-state index is 11.7. The van der Waals surface area contributed by atoms with Crippen LogP contribution < -0.4 is 5.32 Å². The zero-order chi connectivity index (χ0) is 13.8. The number of carboxylic acid groups (broad SMARTS) is 1. The predicted octanol–water partition coefficient (Wildman–Crippen LogP) is 1.01. The molecule has 0 aliphatic heterocycles. The van der Waals surface area contributed by atoms with Gasteiger partial charge >= 0.3 is 5.97 Å². The highest BCUT2D eigenvalue weighted by Crippen LogP contribution is 2.04. The van der Waals surface area contributed by atoms with Crippen molar-refractivity contribution in [1.82, 2.24) is 15.5 Å². The van der Waals surface area contributed by atoms with Gasteiger partial charge in [0.1, 0.15) is 5.76 Å². The van der Waals surface area contributed by atoms with Gasteiger partial charge < -0.3 is 14.9 Å². The molecule has 2 aromatic rings. The van der Waals surface area contributed by atoms with Crippen molar-refractivity contribution < 1.29 is 19.2 Å². The summed E-state index contributed by atoms with van der Waals surface area (Å²) in [5, 5.41) is 15.0. The summed E-state index contributed by atoms with van der Waals surface area (Å²) in [6, 6.07) is 4.29. The van der Waals surface area contributed by atoms with Gasteiger partial charge in [0.15, 0.2) is 5.69 Å². The summed E-state index contributed by atoms with van der Waals surface area (Å²) in [5.74, 6) is -0.905. The number of carboxylic acids is 1. The Morgan fingerprint density at radius 3 is 2.84 bits per heavy atom. The lowest BCUT2D eigenvalue weighted by molar-refractivity contribution is 0.0696. The third-order valence-corrected chi connectivity index (χ3v) is 2.35. The van der Waals surface area contributed by atoms with E-state index in [1.165, 1.54) is 24.4 Å². The van der Waals surface area contributed by atoms with Crippen molar-refractivity contribution in [3.05, 3.63) is 47.1 Å². The number of carbonyl (C=O) groups excluding carboxylic acids is 1. The molecule has 7 nitrogen and oxygen atoms in total. The number of aryl methyl sites for hydroxylation is 1. The highest BCUT2D eigenvalue weighted by Gasteiger charge is 2.11. The van der Waals surface area contributed by atoms with E-state index in [1.807, 2.05) is 0 Å². The molecule has 0 saturated heterocycles. The normalized spacial score (nSPS) is 10.2. The number of hydrogen-bond acceptors (Lipinski definition) is 5. The molecule has 7 heteroatoms. The zero-order valence-corrected chi connectivity index (χ0v) is 10.1. The topological polar surface area (TPSA) is 105 Å². The first-order chi connectivity index (χ1) is 9.06. The lowest BCUT2D eigenvalue weighted by Gasteiger charge is -2.03. The Bertz CT molecular complexity index is 621. The number of amides is 1. The molecule has 98 valence electrons. The first-order valence-corrected chi connectivity index (χ1v) is 5.46. The van der Waals surface area contributed by atoms with Crippen LogP contribution in [0.15, 0.2) is 28.9 Å². The van der Waals surface area contributed by atoms with Crippen molar-refractivity contribution in [1.29, 1.82) is 0 Å². The summed E-state index contributed by atoms with van der Waals surface area (Å²) in [5.41, 5.74) is 0.747. The molecule has 0 aliphatic rings. The van der Waals surface area contributed by atoms with Crippen molar-refractivity contribution in [3.8, 4) is 0 Å². The van der Waals surface area contributed by atoms with Gasteiger partial charge in [-0.2, -0.15) is 0 Å². The van der Waals surface area contributed by atoms with E-state index in [2.05, 4.69) is 15.5 Å². The minimum atomic E-state index is -1.04. The van der Waals surface area contributed by atoms with Crippen LogP contribution >= 0.6 is 0 Å². The second-order valence-corrected chi connectivity index (χ2v) is 3.85. The Labute approximate surface area is 108 Å². The van der Waals surface area contributed by atoms with E-state index in [9.17, 15) is 9.59 Å². The van der Waals surface area contributed by atoms with Gasteiger partial charge in [0.25, 0.3) is 5.91 Å². The number of aromatic nitrogens is 2. The van der Waals surface area contributed by atoms with E-state index >= 15 is 0 Å². The average molecular weight is 261 g/mol. The van der Waals surface area contributed by atoms with Gasteiger partial charge in [-0.15, -0.1) is 0 Å². The molecular weight excluding hydrogens is 250 g/mol. The molecule has 2 aromatic heterocycles. The Kier molecular flexibility index (Phi) is 3.56. The molecule has 0 radical (unpaired) electrons. The van der Waals surface area contributed by atoms with Crippen LogP contribution in [0.4, 0.5) is 0 Å². The maximum absolute atomic E-state index is 11.7. The van der Waals surface area contributed by atoms with Gasteiger partial charge in [0.05, 0.1) is 17.8 Å². The average Bonchev–Trinajstić information content (AvgIpc) is 2.83. The highest BCUT2D eigenvalue weighted by molar-refractivity contribution is 5.92. The second kappa shape index (κ2) is 5.30. The molecule has 1 amide bonds. The number of carbonyl (C=O) groups is 2. The summed E-state index contributed by atoms with van der Waals surface area (Å²) < 4.78 is 4.78. The van der Waals surface area contributed by atoms with E-state index in [0.29, 0.717) is 11.5 Å². The smallest absolute Gasteiger partial charge is 0.335 e. The molecule has 0 atom stereocenters. The molecule has 0 unspecified atom stereocenters. The van der Waals surface area contributed by atoms with Crippen LogP contribution in [0.25, 0.3) is 0 Å². The van der Waals surface area contributed by atoms with Crippen molar-refractivity contribution in [2.24, 2.45) is 0 Å². The fourth-order valence-corrected chi connectivity index (χ4v) is 1.44. The van der Waals surface area contributed by atoms with Crippen molar-refractivity contribution >= 4 is 11.9 Å². The molecule has 0 fully saturated rings. The number of nitrogens with one attached hydrogen (secondary N) is 1. The third kappa shape index (κ3) is 3.15. The van der Waals surface area contributed by atoms with E-state index in [-0.39, 0.29) is 17.8 Å². The van der Waals surface area contributed by atoms with Crippen LogP contribution in [0.5, 0.6) is 0 Å². The highest BCUT2D eigenvalue weighted by atomic mass is 16.5. The lowest BCUT2D eigenvalue weighted by atomic mass is 10.2. The van der Waals surface area contributed by atoms with Crippen LogP contribution in [0.2, 0.25) is 0 Å². The fraction of sp³-hybridized carbons (Fsp3) is 0.167. The quantitative estimate of drug-likeness (QED) is 0.850. The molecule has 2 heterocycles. The van der Waals surface area contributed by atoms with Gasteiger partial charge in [0, 0.05) is 12.3 Å². The largest absolute Gasteiger partial charge is 0.478 e. The summed E-state index contributed by atoms with van der Waals surface area (Å²) in [4.78, 5) is 26.4. The first kappa shape index (κ1) is 12.7. The van der Waals surface area contributed by atoms with Gasteiger partial charge in [-0.1, -0.05) is 5.16 Å². The van der Waals surface area contributed by atoms with Crippen LogP contribution in [-0.4, -0.2) is 27.1 Å². The summed E-state index contributed by atoms with van der Waals surface area (Å²) in [7, 11) is 0. The second-order valence-electron chi connectivity index (χ2n) is 3.85. The van der Waals surface area contributed by atoms with Gasteiger partial charge in [0.2, 0.25) is 0 Å². The van der Waals surface area contributed by atoms with Crippen molar-refractivity contribution in [2.45, 2.75) is 13.5 Å². The number of rotatable bonds is 4. The summed E-state index contributed by atoms with van der Waals surface area (Å²) >= 11 is 0. The molecule has 0 aromatic carbocycles. The van der Waals surface area contributed by atoms with E-state index < -0.39 is 11.9 Å². The summed E-state index contributed by atoms with van der Waals surface area (Å²) in [6.07, 6.45) is 1.38. The predicted molar refractivity (Wildman–Crippen MR) is 63.6 cm³/mol.